The Hall–Kier alpha value is -2.32. The van der Waals surface area contributed by atoms with Gasteiger partial charge in [0, 0.05) is 5.69 Å². The minimum atomic E-state index is -4.60. The fourth-order valence-electron chi connectivity index (χ4n) is 2.28. The zero-order valence-electron chi connectivity index (χ0n) is 13.4. The third-order valence-corrected chi connectivity index (χ3v) is 4.70. The Labute approximate surface area is 155 Å². The highest BCUT2D eigenvalue weighted by Gasteiger charge is 2.33. The topological polar surface area (TPSA) is 55.1 Å². The monoisotopic (exact) mass is 400 g/mol. The molecule has 4 nitrogen and oxygen atoms in total. The van der Waals surface area contributed by atoms with Crippen molar-refractivity contribution >= 4 is 34.5 Å². The lowest BCUT2D eigenvalue weighted by atomic mass is 10.2. The van der Waals surface area contributed by atoms with Crippen molar-refractivity contribution in [1.29, 1.82) is 0 Å². The summed E-state index contributed by atoms with van der Waals surface area (Å²) in [5, 5.41) is 3.87. The smallest absolute Gasteiger partial charge is 0.417 e. The van der Waals surface area contributed by atoms with E-state index in [1.54, 1.807) is 6.92 Å². The van der Waals surface area contributed by atoms with E-state index >= 15 is 0 Å². The molecule has 2 aromatic heterocycles. The van der Waals surface area contributed by atoms with Gasteiger partial charge in [0.05, 0.1) is 27.6 Å². The summed E-state index contributed by atoms with van der Waals surface area (Å²) in [7, 11) is 0. The number of aromatic nitrogens is 1. The van der Waals surface area contributed by atoms with E-state index in [0.717, 1.165) is 17.0 Å². The summed E-state index contributed by atoms with van der Waals surface area (Å²) in [6.07, 6.45) is -4.72. The number of hydrogen-bond acceptors (Lipinski definition) is 4. The van der Waals surface area contributed by atoms with Gasteiger partial charge in [0.15, 0.2) is 0 Å². The number of amides is 1. The van der Waals surface area contributed by atoms with E-state index in [-0.39, 0.29) is 12.1 Å². The summed E-state index contributed by atoms with van der Waals surface area (Å²) in [6, 6.07) is 6.89. The summed E-state index contributed by atoms with van der Waals surface area (Å²) in [4.78, 5) is 17.3. The van der Waals surface area contributed by atoms with Crippen LogP contribution in [0.2, 0.25) is 5.02 Å². The molecule has 0 saturated heterocycles. The van der Waals surface area contributed by atoms with Crippen LogP contribution in [0.5, 0.6) is 0 Å². The fraction of sp³-hybridized carbons (Fsp3) is 0.176. The Morgan fingerprint density at radius 2 is 2.12 bits per heavy atom. The number of halogens is 4. The molecule has 1 aromatic carbocycles. The lowest BCUT2D eigenvalue weighted by Crippen LogP contribution is -2.16. The Morgan fingerprint density at radius 1 is 1.35 bits per heavy atom. The summed E-state index contributed by atoms with van der Waals surface area (Å²) >= 11 is 7.01. The molecule has 0 saturated carbocycles. The van der Waals surface area contributed by atoms with Gasteiger partial charge in [-0.15, -0.1) is 11.3 Å². The molecule has 9 heteroatoms. The van der Waals surface area contributed by atoms with Crippen molar-refractivity contribution in [2.24, 2.45) is 0 Å². The van der Waals surface area contributed by atoms with Crippen LogP contribution in [0.15, 0.2) is 40.1 Å². The molecule has 0 aliphatic rings. The molecule has 1 amide bonds. The van der Waals surface area contributed by atoms with Gasteiger partial charge in [-0.05, 0) is 36.6 Å². The maximum absolute atomic E-state index is 12.9. The number of rotatable bonds is 4. The van der Waals surface area contributed by atoms with Crippen LogP contribution in [-0.2, 0) is 17.4 Å². The number of carbonyl (C=O) groups is 1. The van der Waals surface area contributed by atoms with Crippen molar-refractivity contribution in [2.45, 2.75) is 19.5 Å². The van der Waals surface area contributed by atoms with Crippen LogP contribution in [-0.4, -0.2) is 10.9 Å². The van der Waals surface area contributed by atoms with Crippen molar-refractivity contribution in [3.8, 4) is 10.8 Å². The second-order valence-electron chi connectivity index (χ2n) is 5.42. The quantitative estimate of drug-likeness (QED) is 0.623. The Bertz CT molecular complexity index is 936. The van der Waals surface area contributed by atoms with Crippen LogP contribution in [0.4, 0.5) is 18.9 Å². The Kier molecular flexibility index (Phi) is 5.06. The molecule has 0 unspecified atom stereocenters. The first-order chi connectivity index (χ1) is 12.2. The summed E-state index contributed by atoms with van der Waals surface area (Å²) in [5.74, 6) is 0.386. The minimum absolute atomic E-state index is 0.00588. The van der Waals surface area contributed by atoms with Crippen molar-refractivity contribution in [3.63, 3.8) is 0 Å². The van der Waals surface area contributed by atoms with Gasteiger partial charge >= 0.3 is 6.18 Å². The number of benzene rings is 1. The van der Waals surface area contributed by atoms with Gasteiger partial charge in [0.2, 0.25) is 11.8 Å². The lowest BCUT2D eigenvalue weighted by Gasteiger charge is -2.11. The molecule has 0 aliphatic carbocycles. The molecule has 0 spiro atoms. The first-order valence-corrected chi connectivity index (χ1v) is 8.66. The molecule has 0 bridgehead atoms. The Morgan fingerprint density at radius 3 is 2.77 bits per heavy atom. The number of alkyl halides is 3. The highest BCUT2D eigenvalue weighted by atomic mass is 35.5. The molecule has 136 valence electrons. The van der Waals surface area contributed by atoms with Crippen LogP contribution >= 0.6 is 22.9 Å². The fourth-order valence-corrected chi connectivity index (χ4v) is 3.15. The maximum atomic E-state index is 12.9. The number of anilines is 1. The highest BCUT2D eigenvalue weighted by Crippen LogP contribution is 2.36. The predicted molar refractivity (Wildman–Crippen MR) is 93.3 cm³/mol. The number of aryl methyl sites for hydroxylation is 1. The average Bonchev–Trinajstić information content (AvgIpc) is 3.18. The van der Waals surface area contributed by atoms with Crippen molar-refractivity contribution < 1.29 is 22.4 Å². The standard InChI is InChI=1S/C17H12ClF3N2O2S/c1-9-13(23-16(25-9)14-3-2-6-26-14)8-15(24)22-10-4-5-12(18)11(7-10)17(19,20)21/h2-7H,8H2,1H3,(H,22,24). The molecular formula is C17H12ClF3N2O2S. The number of carbonyl (C=O) groups excluding carboxylic acids is 1. The molecular weight excluding hydrogens is 389 g/mol. The third kappa shape index (κ3) is 4.08. The van der Waals surface area contributed by atoms with Gasteiger partial charge in [-0.2, -0.15) is 13.2 Å². The number of thiophene rings is 1. The number of nitrogens with zero attached hydrogens (tertiary/aromatic N) is 1. The average molecular weight is 401 g/mol. The Balaban J connectivity index is 1.74. The highest BCUT2D eigenvalue weighted by molar-refractivity contribution is 7.13. The van der Waals surface area contributed by atoms with Crippen molar-refractivity contribution in [3.05, 3.63) is 57.8 Å². The summed E-state index contributed by atoms with van der Waals surface area (Å²) < 4.78 is 44.2. The molecule has 0 radical (unpaired) electrons. The lowest BCUT2D eigenvalue weighted by molar-refractivity contribution is -0.137. The van der Waals surface area contributed by atoms with E-state index in [0.29, 0.717) is 17.3 Å². The number of nitrogens with one attached hydrogen (secondary N) is 1. The zero-order chi connectivity index (χ0) is 18.9. The van der Waals surface area contributed by atoms with E-state index in [9.17, 15) is 18.0 Å². The van der Waals surface area contributed by atoms with Crippen LogP contribution in [0, 0.1) is 6.92 Å². The van der Waals surface area contributed by atoms with Gasteiger partial charge in [0.25, 0.3) is 0 Å². The second-order valence-corrected chi connectivity index (χ2v) is 6.77. The minimum Gasteiger partial charge on any atom is -0.440 e. The van der Waals surface area contributed by atoms with Crippen LogP contribution in [0.1, 0.15) is 17.0 Å². The first kappa shape index (κ1) is 18.5. The molecule has 1 N–H and O–H groups in total. The van der Waals surface area contributed by atoms with Gasteiger partial charge in [-0.3, -0.25) is 4.79 Å². The van der Waals surface area contributed by atoms with Gasteiger partial charge in [-0.1, -0.05) is 17.7 Å². The zero-order valence-corrected chi connectivity index (χ0v) is 14.9. The van der Waals surface area contributed by atoms with E-state index in [2.05, 4.69) is 10.3 Å². The SMILES string of the molecule is Cc1oc(-c2cccs2)nc1CC(=O)Nc1ccc(Cl)c(C(F)(F)F)c1. The largest absolute Gasteiger partial charge is 0.440 e. The van der Waals surface area contributed by atoms with Gasteiger partial charge in [-0.25, -0.2) is 4.98 Å². The number of oxazole rings is 1. The normalized spacial score (nSPS) is 11.6. The van der Waals surface area contributed by atoms with Crippen molar-refractivity contribution in [2.75, 3.05) is 5.32 Å². The summed E-state index contributed by atoms with van der Waals surface area (Å²) in [6.45, 7) is 1.68. The second kappa shape index (κ2) is 7.13. The van der Waals surface area contributed by atoms with E-state index in [1.165, 1.54) is 17.4 Å². The molecule has 0 atom stereocenters. The summed E-state index contributed by atoms with van der Waals surface area (Å²) in [5.41, 5.74) is -0.572. The molecule has 2 heterocycles. The van der Waals surface area contributed by atoms with E-state index in [1.807, 2.05) is 17.5 Å². The molecule has 26 heavy (non-hydrogen) atoms. The van der Waals surface area contributed by atoms with Gasteiger partial charge in [0.1, 0.15) is 5.76 Å². The van der Waals surface area contributed by atoms with Crippen LogP contribution in [0.3, 0.4) is 0 Å². The van der Waals surface area contributed by atoms with Crippen LogP contribution < -0.4 is 5.32 Å². The van der Waals surface area contributed by atoms with E-state index in [4.69, 9.17) is 16.0 Å². The maximum Gasteiger partial charge on any atom is 0.417 e. The third-order valence-electron chi connectivity index (χ3n) is 3.51. The first-order valence-electron chi connectivity index (χ1n) is 7.41. The predicted octanol–water partition coefficient (Wildman–Crippen LogP) is 5.56. The van der Waals surface area contributed by atoms with E-state index < -0.39 is 22.7 Å². The molecule has 3 rings (SSSR count). The van der Waals surface area contributed by atoms with Crippen LogP contribution in [0.25, 0.3) is 10.8 Å². The molecule has 0 fully saturated rings. The molecule has 3 aromatic rings. The van der Waals surface area contributed by atoms with Gasteiger partial charge < -0.3 is 9.73 Å². The number of hydrogen-bond donors (Lipinski definition) is 1. The molecule has 0 aliphatic heterocycles. The van der Waals surface area contributed by atoms with Crippen molar-refractivity contribution in [1.82, 2.24) is 4.98 Å².